The molecule has 0 atom stereocenters. The number of nitrogens with one attached hydrogen (secondary N) is 1. The second kappa shape index (κ2) is 3.89. The minimum Gasteiger partial charge on any atom is -0.342 e. The van der Waals surface area contributed by atoms with E-state index in [9.17, 15) is 0 Å². The van der Waals surface area contributed by atoms with E-state index in [0.717, 1.165) is 17.9 Å². The first kappa shape index (κ1) is 9.97. The lowest BCUT2D eigenvalue weighted by atomic mass is 10.0. The van der Waals surface area contributed by atoms with Crippen molar-refractivity contribution in [2.75, 3.05) is 0 Å². The van der Waals surface area contributed by atoms with Crippen LogP contribution in [0.25, 0.3) is 11.4 Å². The highest BCUT2D eigenvalue weighted by molar-refractivity contribution is 5.62. The second-order valence-corrected chi connectivity index (χ2v) is 3.86. The fraction of sp³-hybridized carbons (Fsp3) is 0.308. The third-order valence-corrected chi connectivity index (χ3v) is 2.78. The Hall–Kier alpha value is -1.57. The molecule has 1 N–H and O–H groups in total. The molecule has 0 bridgehead atoms. The van der Waals surface area contributed by atoms with Crippen molar-refractivity contribution in [2.24, 2.45) is 0 Å². The molecule has 0 radical (unpaired) electrons. The third-order valence-electron chi connectivity index (χ3n) is 2.78. The molecule has 1 aromatic carbocycles. The molecule has 0 spiro atoms. The van der Waals surface area contributed by atoms with Crippen LogP contribution in [-0.2, 0) is 6.42 Å². The summed E-state index contributed by atoms with van der Waals surface area (Å²) in [6, 6.07) is 6.39. The van der Waals surface area contributed by atoms with E-state index in [1.54, 1.807) is 0 Å². The Labute approximate surface area is 90.4 Å². The Bertz CT molecular complexity index is 469. The number of imidazole rings is 1. The molecule has 0 amide bonds. The van der Waals surface area contributed by atoms with Gasteiger partial charge in [-0.15, -0.1) is 0 Å². The van der Waals surface area contributed by atoms with Crippen molar-refractivity contribution in [1.82, 2.24) is 9.97 Å². The lowest BCUT2D eigenvalue weighted by Crippen LogP contribution is -1.91. The third kappa shape index (κ3) is 1.80. The van der Waals surface area contributed by atoms with Gasteiger partial charge in [0.2, 0.25) is 0 Å². The first-order valence-electron chi connectivity index (χ1n) is 5.33. The molecule has 2 rings (SSSR count). The van der Waals surface area contributed by atoms with Gasteiger partial charge in [-0.25, -0.2) is 4.98 Å². The van der Waals surface area contributed by atoms with Crippen LogP contribution in [-0.4, -0.2) is 9.97 Å². The molecule has 0 aliphatic heterocycles. The number of hydrogen-bond donors (Lipinski definition) is 1. The van der Waals surface area contributed by atoms with Gasteiger partial charge in [0.15, 0.2) is 0 Å². The van der Waals surface area contributed by atoms with Gasteiger partial charge in [-0.05, 0) is 31.4 Å². The van der Waals surface area contributed by atoms with E-state index in [-0.39, 0.29) is 0 Å². The van der Waals surface area contributed by atoms with Crippen LogP contribution >= 0.6 is 0 Å². The summed E-state index contributed by atoms with van der Waals surface area (Å²) in [6.07, 6.45) is 2.94. The lowest BCUT2D eigenvalue weighted by molar-refractivity contribution is 1.10. The van der Waals surface area contributed by atoms with Crippen molar-refractivity contribution in [3.63, 3.8) is 0 Å². The van der Waals surface area contributed by atoms with E-state index >= 15 is 0 Å². The summed E-state index contributed by atoms with van der Waals surface area (Å²) in [6.45, 7) is 6.36. The normalized spacial score (nSPS) is 10.6. The standard InChI is InChI=1S/C13H16N2/c1-4-11-6-5-7-12(10(11)3)13-14-8-9(2)15-13/h5-8H,4H2,1-3H3,(H,14,15). The summed E-state index contributed by atoms with van der Waals surface area (Å²) in [5.74, 6) is 0.972. The Kier molecular flexibility index (Phi) is 2.58. The number of aryl methyl sites for hydroxylation is 2. The summed E-state index contributed by atoms with van der Waals surface area (Å²) in [5, 5.41) is 0. The van der Waals surface area contributed by atoms with Crippen LogP contribution in [0.5, 0.6) is 0 Å². The Morgan fingerprint density at radius 1 is 1.27 bits per heavy atom. The number of benzene rings is 1. The van der Waals surface area contributed by atoms with E-state index in [1.807, 2.05) is 13.1 Å². The van der Waals surface area contributed by atoms with Crippen LogP contribution in [0, 0.1) is 13.8 Å². The molecule has 1 heterocycles. The first-order chi connectivity index (χ1) is 7.22. The quantitative estimate of drug-likeness (QED) is 0.792. The lowest BCUT2D eigenvalue weighted by Gasteiger charge is -2.07. The van der Waals surface area contributed by atoms with Crippen molar-refractivity contribution in [3.8, 4) is 11.4 Å². The number of hydrogen-bond acceptors (Lipinski definition) is 1. The largest absolute Gasteiger partial charge is 0.342 e. The molecule has 0 saturated carbocycles. The summed E-state index contributed by atoms with van der Waals surface area (Å²) in [5.41, 5.74) is 5.03. The minimum atomic E-state index is 0.972. The highest BCUT2D eigenvalue weighted by Gasteiger charge is 2.07. The fourth-order valence-corrected chi connectivity index (χ4v) is 1.87. The highest BCUT2D eigenvalue weighted by Crippen LogP contribution is 2.23. The Morgan fingerprint density at radius 2 is 2.07 bits per heavy atom. The van der Waals surface area contributed by atoms with Crippen LogP contribution in [0.3, 0.4) is 0 Å². The van der Waals surface area contributed by atoms with Gasteiger partial charge in [0.25, 0.3) is 0 Å². The van der Waals surface area contributed by atoms with Gasteiger partial charge < -0.3 is 4.98 Å². The maximum absolute atomic E-state index is 4.37. The summed E-state index contributed by atoms with van der Waals surface area (Å²) in [7, 11) is 0. The first-order valence-corrected chi connectivity index (χ1v) is 5.33. The van der Waals surface area contributed by atoms with Gasteiger partial charge in [-0.1, -0.05) is 25.1 Å². The zero-order valence-electron chi connectivity index (χ0n) is 9.46. The van der Waals surface area contributed by atoms with Crippen molar-refractivity contribution < 1.29 is 0 Å². The number of aromatic amines is 1. The molecule has 2 nitrogen and oxygen atoms in total. The molecule has 0 fully saturated rings. The molecule has 0 saturated heterocycles. The average molecular weight is 200 g/mol. The molecule has 2 aromatic rings. The molecule has 1 aromatic heterocycles. The summed E-state index contributed by atoms with van der Waals surface area (Å²) in [4.78, 5) is 7.64. The maximum Gasteiger partial charge on any atom is 0.137 e. The number of aromatic nitrogens is 2. The zero-order valence-corrected chi connectivity index (χ0v) is 9.46. The second-order valence-electron chi connectivity index (χ2n) is 3.86. The van der Waals surface area contributed by atoms with Crippen molar-refractivity contribution >= 4 is 0 Å². The molecule has 15 heavy (non-hydrogen) atoms. The van der Waals surface area contributed by atoms with Gasteiger partial charge >= 0.3 is 0 Å². The van der Waals surface area contributed by atoms with Gasteiger partial charge in [-0.3, -0.25) is 0 Å². The zero-order chi connectivity index (χ0) is 10.8. The number of H-pyrrole nitrogens is 1. The summed E-state index contributed by atoms with van der Waals surface area (Å²) >= 11 is 0. The van der Waals surface area contributed by atoms with Crippen molar-refractivity contribution in [2.45, 2.75) is 27.2 Å². The van der Waals surface area contributed by atoms with Crippen LogP contribution in [0.2, 0.25) is 0 Å². The highest BCUT2D eigenvalue weighted by atomic mass is 14.9. The van der Waals surface area contributed by atoms with Crippen LogP contribution in [0.15, 0.2) is 24.4 Å². The smallest absolute Gasteiger partial charge is 0.137 e. The molecule has 78 valence electrons. The van der Waals surface area contributed by atoms with Crippen molar-refractivity contribution in [3.05, 3.63) is 41.2 Å². The number of nitrogens with zero attached hydrogens (tertiary/aromatic N) is 1. The number of rotatable bonds is 2. The SMILES string of the molecule is CCc1cccc(-c2ncc(C)[nH]2)c1C. The minimum absolute atomic E-state index is 0.972. The Morgan fingerprint density at radius 3 is 2.67 bits per heavy atom. The van der Waals surface area contributed by atoms with Gasteiger partial charge in [0, 0.05) is 17.5 Å². The van der Waals surface area contributed by atoms with E-state index in [1.165, 1.54) is 16.7 Å². The summed E-state index contributed by atoms with van der Waals surface area (Å²) < 4.78 is 0. The maximum atomic E-state index is 4.37. The molecule has 0 unspecified atom stereocenters. The van der Waals surface area contributed by atoms with Gasteiger partial charge in [0.05, 0.1) is 0 Å². The van der Waals surface area contributed by atoms with Crippen LogP contribution in [0.4, 0.5) is 0 Å². The van der Waals surface area contributed by atoms with E-state index in [0.29, 0.717) is 0 Å². The van der Waals surface area contributed by atoms with E-state index in [4.69, 9.17) is 0 Å². The topological polar surface area (TPSA) is 28.7 Å². The van der Waals surface area contributed by atoms with Crippen molar-refractivity contribution in [1.29, 1.82) is 0 Å². The Balaban J connectivity index is 2.53. The predicted octanol–water partition coefficient (Wildman–Crippen LogP) is 3.26. The predicted molar refractivity (Wildman–Crippen MR) is 62.9 cm³/mol. The van der Waals surface area contributed by atoms with Crippen LogP contribution in [0.1, 0.15) is 23.7 Å². The molecule has 0 aliphatic rings. The monoisotopic (exact) mass is 200 g/mol. The molecular formula is C13H16N2. The molecular weight excluding hydrogens is 184 g/mol. The molecule has 0 aliphatic carbocycles. The van der Waals surface area contributed by atoms with Crippen LogP contribution < -0.4 is 0 Å². The fourth-order valence-electron chi connectivity index (χ4n) is 1.87. The average Bonchev–Trinajstić information content (AvgIpc) is 2.65. The molecule has 2 heteroatoms. The van der Waals surface area contributed by atoms with E-state index in [2.05, 4.69) is 42.0 Å². The van der Waals surface area contributed by atoms with Gasteiger partial charge in [0.1, 0.15) is 5.82 Å². The van der Waals surface area contributed by atoms with Gasteiger partial charge in [-0.2, -0.15) is 0 Å². The van der Waals surface area contributed by atoms with E-state index < -0.39 is 0 Å².